The van der Waals surface area contributed by atoms with Crippen molar-refractivity contribution in [1.82, 2.24) is 10.2 Å². The van der Waals surface area contributed by atoms with Crippen molar-refractivity contribution in [3.63, 3.8) is 0 Å². The van der Waals surface area contributed by atoms with E-state index >= 15 is 0 Å². The normalized spacial score (nSPS) is 14.2. The first-order valence-corrected chi connectivity index (χ1v) is 6.47. The Labute approximate surface area is 110 Å². The molecule has 0 aliphatic carbocycles. The van der Waals surface area contributed by atoms with Crippen molar-refractivity contribution in [2.75, 3.05) is 27.2 Å². The first kappa shape index (κ1) is 14.7. The molecule has 0 aliphatic rings. The molecule has 0 bridgehead atoms. The SMILES string of the molecule is CCC(C#N)(Cc1ccccc1)NCCN(C)C. The van der Waals surface area contributed by atoms with Gasteiger partial charge in [-0.1, -0.05) is 37.3 Å². The summed E-state index contributed by atoms with van der Waals surface area (Å²) >= 11 is 0. The molecule has 0 saturated carbocycles. The van der Waals surface area contributed by atoms with E-state index in [1.54, 1.807) is 0 Å². The molecule has 0 aliphatic heterocycles. The van der Waals surface area contributed by atoms with Crippen molar-refractivity contribution < 1.29 is 0 Å². The van der Waals surface area contributed by atoms with Crippen LogP contribution in [0.4, 0.5) is 0 Å². The summed E-state index contributed by atoms with van der Waals surface area (Å²) in [7, 11) is 4.08. The molecule has 0 amide bonds. The third-order valence-corrected chi connectivity index (χ3v) is 3.19. The van der Waals surface area contributed by atoms with Crippen molar-refractivity contribution in [3.05, 3.63) is 35.9 Å². The molecule has 18 heavy (non-hydrogen) atoms. The number of nitrogens with one attached hydrogen (secondary N) is 1. The van der Waals surface area contributed by atoms with Crippen LogP contribution in [0.5, 0.6) is 0 Å². The van der Waals surface area contributed by atoms with Crippen LogP contribution in [-0.2, 0) is 6.42 Å². The summed E-state index contributed by atoms with van der Waals surface area (Å²) in [6.07, 6.45) is 1.57. The number of nitrogens with zero attached hydrogens (tertiary/aromatic N) is 2. The topological polar surface area (TPSA) is 39.1 Å². The lowest BCUT2D eigenvalue weighted by Gasteiger charge is -2.27. The molecule has 1 N–H and O–H groups in total. The maximum absolute atomic E-state index is 9.48. The first-order valence-electron chi connectivity index (χ1n) is 6.47. The Morgan fingerprint density at radius 2 is 1.94 bits per heavy atom. The van der Waals surface area contributed by atoms with Crippen molar-refractivity contribution >= 4 is 0 Å². The predicted octanol–water partition coefficient (Wildman–Crippen LogP) is 2.05. The number of likely N-dealkylation sites (N-methyl/N-ethyl adjacent to an activating group) is 1. The predicted molar refractivity (Wildman–Crippen MR) is 75.3 cm³/mol. The minimum absolute atomic E-state index is 0.447. The van der Waals surface area contributed by atoms with E-state index in [-0.39, 0.29) is 0 Å². The van der Waals surface area contributed by atoms with Crippen LogP contribution in [0.1, 0.15) is 18.9 Å². The summed E-state index contributed by atoms with van der Waals surface area (Å²) in [4.78, 5) is 2.12. The molecule has 1 aromatic rings. The summed E-state index contributed by atoms with van der Waals surface area (Å²) < 4.78 is 0. The van der Waals surface area contributed by atoms with Crippen LogP contribution in [-0.4, -0.2) is 37.6 Å². The Kier molecular flexibility index (Phi) is 5.84. The second-order valence-electron chi connectivity index (χ2n) is 4.94. The largest absolute Gasteiger partial charge is 0.308 e. The molecular weight excluding hydrogens is 222 g/mol. The second-order valence-corrected chi connectivity index (χ2v) is 4.94. The summed E-state index contributed by atoms with van der Waals surface area (Å²) in [6, 6.07) is 12.7. The Morgan fingerprint density at radius 1 is 1.28 bits per heavy atom. The Morgan fingerprint density at radius 3 is 2.44 bits per heavy atom. The molecule has 1 rings (SSSR count). The number of hydrogen-bond donors (Lipinski definition) is 1. The molecule has 1 atom stereocenters. The highest BCUT2D eigenvalue weighted by Gasteiger charge is 2.27. The highest BCUT2D eigenvalue weighted by Crippen LogP contribution is 2.16. The summed E-state index contributed by atoms with van der Waals surface area (Å²) in [5.74, 6) is 0. The van der Waals surface area contributed by atoms with Crippen LogP contribution < -0.4 is 5.32 Å². The van der Waals surface area contributed by atoms with Crippen molar-refractivity contribution in [2.45, 2.75) is 25.3 Å². The maximum Gasteiger partial charge on any atom is 0.110 e. The van der Waals surface area contributed by atoms with Crippen LogP contribution in [0.25, 0.3) is 0 Å². The van der Waals surface area contributed by atoms with Crippen LogP contribution in [0.15, 0.2) is 30.3 Å². The quantitative estimate of drug-likeness (QED) is 0.799. The molecule has 98 valence electrons. The van der Waals surface area contributed by atoms with Gasteiger partial charge >= 0.3 is 0 Å². The highest BCUT2D eigenvalue weighted by atomic mass is 15.1. The minimum Gasteiger partial charge on any atom is -0.308 e. The zero-order valence-corrected chi connectivity index (χ0v) is 11.6. The monoisotopic (exact) mass is 245 g/mol. The van der Waals surface area contributed by atoms with Crippen molar-refractivity contribution in [3.8, 4) is 6.07 Å². The summed E-state index contributed by atoms with van der Waals surface area (Å²) in [5, 5.41) is 12.9. The Bertz CT molecular complexity index is 380. The molecule has 3 nitrogen and oxygen atoms in total. The second kappa shape index (κ2) is 7.15. The Hall–Kier alpha value is -1.37. The van der Waals surface area contributed by atoms with E-state index in [1.807, 2.05) is 32.3 Å². The standard InChI is InChI=1S/C15H23N3/c1-4-15(13-16,17-10-11-18(2)3)12-14-8-6-5-7-9-14/h5-9,17H,4,10-12H2,1-3H3. The minimum atomic E-state index is -0.447. The van der Waals surface area contributed by atoms with E-state index in [0.717, 1.165) is 25.9 Å². The van der Waals surface area contributed by atoms with Gasteiger partial charge in [0.1, 0.15) is 5.54 Å². The molecule has 0 radical (unpaired) electrons. The van der Waals surface area contributed by atoms with Gasteiger partial charge in [-0.3, -0.25) is 5.32 Å². The van der Waals surface area contributed by atoms with Gasteiger partial charge in [-0.25, -0.2) is 0 Å². The highest BCUT2D eigenvalue weighted by molar-refractivity contribution is 5.22. The van der Waals surface area contributed by atoms with E-state index in [9.17, 15) is 5.26 Å². The van der Waals surface area contributed by atoms with Gasteiger partial charge in [0, 0.05) is 19.5 Å². The van der Waals surface area contributed by atoms with E-state index in [2.05, 4.69) is 35.3 Å². The fourth-order valence-corrected chi connectivity index (χ4v) is 1.93. The average Bonchev–Trinajstić information content (AvgIpc) is 2.38. The third kappa shape index (κ3) is 4.48. The van der Waals surface area contributed by atoms with Crippen molar-refractivity contribution in [1.29, 1.82) is 5.26 Å². The summed E-state index contributed by atoms with van der Waals surface area (Å²) in [5.41, 5.74) is 0.760. The van der Waals surface area contributed by atoms with E-state index < -0.39 is 5.54 Å². The van der Waals surface area contributed by atoms with Crippen LogP contribution in [0.3, 0.4) is 0 Å². The van der Waals surface area contributed by atoms with E-state index in [4.69, 9.17) is 0 Å². The average molecular weight is 245 g/mol. The number of hydrogen-bond acceptors (Lipinski definition) is 3. The Balaban J connectivity index is 2.66. The van der Waals surface area contributed by atoms with Gasteiger partial charge in [-0.15, -0.1) is 0 Å². The van der Waals surface area contributed by atoms with Crippen LogP contribution >= 0.6 is 0 Å². The van der Waals surface area contributed by atoms with E-state index in [1.165, 1.54) is 5.56 Å². The van der Waals surface area contributed by atoms with Gasteiger partial charge in [0.2, 0.25) is 0 Å². The van der Waals surface area contributed by atoms with Gasteiger partial charge < -0.3 is 4.90 Å². The van der Waals surface area contributed by atoms with Crippen LogP contribution in [0, 0.1) is 11.3 Å². The molecule has 0 fully saturated rings. The van der Waals surface area contributed by atoms with Gasteiger partial charge in [-0.2, -0.15) is 5.26 Å². The van der Waals surface area contributed by atoms with Gasteiger partial charge in [0.25, 0.3) is 0 Å². The van der Waals surface area contributed by atoms with Gasteiger partial charge in [0.05, 0.1) is 6.07 Å². The molecule has 0 aromatic heterocycles. The lowest BCUT2D eigenvalue weighted by Crippen LogP contribution is -2.47. The molecule has 3 heteroatoms. The zero-order chi connectivity index (χ0) is 13.4. The number of benzene rings is 1. The fraction of sp³-hybridized carbons (Fsp3) is 0.533. The first-order chi connectivity index (χ1) is 8.62. The molecule has 0 spiro atoms. The third-order valence-electron chi connectivity index (χ3n) is 3.19. The summed E-state index contributed by atoms with van der Waals surface area (Å²) in [6.45, 7) is 3.84. The molecule has 1 aromatic carbocycles. The molecule has 1 unspecified atom stereocenters. The fourth-order valence-electron chi connectivity index (χ4n) is 1.93. The lowest BCUT2D eigenvalue weighted by molar-refractivity contribution is 0.343. The number of nitriles is 1. The van der Waals surface area contributed by atoms with Crippen LogP contribution in [0.2, 0.25) is 0 Å². The smallest absolute Gasteiger partial charge is 0.110 e. The maximum atomic E-state index is 9.48. The van der Waals surface area contributed by atoms with Gasteiger partial charge in [0.15, 0.2) is 0 Å². The lowest BCUT2D eigenvalue weighted by atomic mass is 9.89. The number of rotatable bonds is 7. The zero-order valence-electron chi connectivity index (χ0n) is 11.6. The molecule has 0 saturated heterocycles. The van der Waals surface area contributed by atoms with Crippen molar-refractivity contribution in [2.24, 2.45) is 0 Å². The van der Waals surface area contributed by atoms with E-state index in [0.29, 0.717) is 0 Å². The van der Waals surface area contributed by atoms with Gasteiger partial charge in [-0.05, 0) is 26.1 Å². The molecule has 0 heterocycles. The molecular formula is C15H23N3.